The predicted molar refractivity (Wildman–Crippen MR) is 73.9 cm³/mol. The monoisotopic (exact) mass is 272 g/mol. The lowest BCUT2D eigenvalue weighted by Crippen LogP contribution is -2.48. The summed E-state index contributed by atoms with van der Waals surface area (Å²) in [5, 5.41) is 7.21. The quantitative estimate of drug-likeness (QED) is 0.846. The van der Waals surface area contributed by atoms with Crippen LogP contribution >= 0.6 is 0 Å². The number of nitrogens with zero attached hydrogens (tertiary/aromatic N) is 5. The number of carbonyl (C=O) groups is 1. The summed E-state index contributed by atoms with van der Waals surface area (Å²) in [4.78, 5) is 21.9. The summed E-state index contributed by atoms with van der Waals surface area (Å²) < 4.78 is 1.78. The number of amides is 1. The van der Waals surface area contributed by atoms with Crippen LogP contribution in [-0.2, 0) is 4.79 Å². The van der Waals surface area contributed by atoms with Gasteiger partial charge in [0.2, 0.25) is 5.91 Å². The molecule has 1 N–H and O–H groups in total. The minimum absolute atomic E-state index is 0.0162. The number of hydrogen-bond donors (Lipinski definition) is 1. The number of aromatic nitrogens is 4. The SMILES string of the molecule is Cc1cc(C)n(-c2cc(N3CCNC(=O)C3)ncn2)n1. The minimum atomic E-state index is 0.0162. The Morgan fingerprint density at radius 2 is 2.00 bits per heavy atom. The Labute approximate surface area is 116 Å². The number of rotatable bonds is 2. The molecule has 0 spiro atoms. The standard InChI is InChI=1S/C13H16N6O/c1-9-5-10(2)19(17-9)12-6-11(15-8-16-12)18-4-3-14-13(20)7-18/h5-6,8H,3-4,7H2,1-2H3,(H,14,20). The third kappa shape index (κ3) is 2.34. The molecule has 1 aliphatic heterocycles. The van der Waals surface area contributed by atoms with E-state index in [1.54, 1.807) is 4.68 Å². The smallest absolute Gasteiger partial charge is 0.239 e. The van der Waals surface area contributed by atoms with Gasteiger partial charge >= 0.3 is 0 Å². The van der Waals surface area contributed by atoms with Crippen LogP contribution in [0, 0.1) is 13.8 Å². The fourth-order valence-electron chi connectivity index (χ4n) is 2.32. The van der Waals surface area contributed by atoms with Crippen molar-refractivity contribution >= 4 is 11.7 Å². The average Bonchev–Trinajstić information content (AvgIpc) is 2.78. The van der Waals surface area contributed by atoms with E-state index in [2.05, 4.69) is 20.4 Å². The largest absolute Gasteiger partial charge is 0.353 e. The summed E-state index contributed by atoms with van der Waals surface area (Å²) in [6, 6.07) is 3.86. The van der Waals surface area contributed by atoms with Crippen LogP contribution in [0.15, 0.2) is 18.5 Å². The maximum atomic E-state index is 11.4. The molecule has 0 atom stereocenters. The number of piperazine rings is 1. The van der Waals surface area contributed by atoms with Crippen molar-refractivity contribution in [1.82, 2.24) is 25.1 Å². The van der Waals surface area contributed by atoms with E-state index >= 15 is 0 Å². The number of carbonyl (C=O) groups excluding carboxylic acids is 1. The molecule has 20 heavy (non-hydrogen) atoms. The molecule has 2 aromatic rings. The second-order valence-electron chi connectivity index (χ2n) is 4.84. The number of aryl methyl sites for hydroxylation is 2. The van der Waals surface area contributed by atoms with E-state index in [1.807, 2.05) is 30.9 Å². The van der Waals surface area contributed by atoms with Gasteiger partial charge in [0.15, 0.2) is 5.82 Å². The molecule has 1 amide bonds. The Bertz CT molecular complexity index is 650. The second kappa shape index (κ2) is 4.92. The van der Waals surface area contributed by atoms with E-state index < -0.39 is 0 Å². The van der Waals surface area contributed by atoms with Gasteiger partial charge in [-0.15, -0.1) is 0 Å². The summed E-state index contributed by atoms with van der Waals surface area (Å²) >= 11 is 0. The molecule has 0 unspecified atom stereocenters. The van der Waals surface area contributed by atoms with Crippen molar-refractivity contribution in [3.05, 3.63) is 29.8 Å². The van der Waals surface area contributed by atoms with Gasteiger partial charge in [0.25, 0.3) is 0 Å². The normalized spacial score (nSPS) is 15.3. The number of nitrogens with one attached hydrogen (secondary N) is 1. The lowest BCUT2D eigenvalue weighted by molar-refractivity contribution is -0.120. The highest BCUT2D eigenvalue weighted by atomic mass is 16.2. The third-order valence-electron chi connectivity index (χ3n) is 3.23. The van der Waals surface area contributed by atoms with Crippen molar-refractivity contribution < 1.29 is 4.79 Å². The van der Waals surface area contributed by atoms with Crippen LogP contribution < -0.4 is 10.2 Å². The molecule has 104 valence electrons. The molecule has 0 aromatic carbocycles. The zero-order valence-corrected chi connectivity index (χ0v) is 11.5. The van der Waals surface area contributed by atoms with Crippen molar-refractivity contribution in [2.45, 2.75) is 13.8 Å². The van der Waals surface area contributed by atoms with E-state index in [0.29, 0.717) is 18.9 Å². The molecule has 1 aliphatic rings. The van der Waals surface area contributed by atoms with Crippen LogP contribution in [0.5, 0.6) is 0 Å². The highest BCUT2D eigenvalue weighted by Crippen LogP contribution is 2.16. The number of anilines is 1. The fourth-order valence-corrected chi connectivity index (χ4v) is 2.32. The van der Waals surface area contributed by atoms with E-state index in [1.165, 1.54) is 6.33 Å². The Balaban J connectivity index is 1.93. The van der Waals surface area contributed by atoms with Gasteiger partial charge in [-0.1, -0.05) is 0 Å². The first-order valence-electron chi connectivity index (χ1n) is 6.51. The average molecular weight is 272 g/mol. The first-order chi connectivity index (χ1) is 9.63. The van der Waals surface area contributed by atoms with Gasteiger partial charge < -0.3 is 10.2 Å². The van der Waals surface area contributed by atoms with E-state index in [-0.39, 0.29) is 5.91 Å². The van der Waals surface area contributed by atoms with Crippen molar-refractivity contribution in [1.29, 1.82) is 0 Å². The molecule has 3 heterocycles. The van der Waals surface area contributed by atoms with Crippen LogP contribution in [0.4, 0.5) is 5.82 Å². The Hall–Kier alpha value is -2.44. The molecule has 1 fully saturated rings. The van der Waals surface area contributed by atoms with Crippen molar-refractivity contribution in [2.75, 3.05) is 24.5 Å². The molecule has 0 saturated carbocycles. The maximum absolute atomic E-state index is 11.4. The van der Waals surface area contributed by atoms with Crippen LogP contribution in [-0.4, -0.2) is 45.3 Å². The van der Waals surface area contributed by atoms with E-state index in [0.717, 1.165) is 23.8 Å². The lowest BCUT2D eigenvalue weighted by atomic mass is 10.3. The van der Waals surface area contributed by atoms with Crippen molar-refractivity contribution in [3.8, 4) is 5.82 Å². The predicted octanol–water partition coefficient (Wildman–Crippen LogP) is 0.215. The van der Waals surface area contributed by atoms with Crippen molar-refractivity contribution in [2.24, 2.45) is 0 Å². The summed E-state index contributed by atoms with van der Waals surface area (Å²) in [5.41, 5.74) is 1.96. The molecule has 7 nitrogen and oxygen atoms in total. The molecule has 7 heteroatoms. The van der Waals surface area contributed by atoms with Crippen LogP contribution in [0.25, 0.3) is 5.82 Å². The first-order valence-corrected chi connectivity index (χ1v) is 6.51. The van der Waals surface area contributed by atoms with Crippen molar-refractivity contribution in [3.63, 3.8) is 0 Å². The summed E-state index contributed by atoms with van der Waals surface area (Å²) in [7, 11) is 0. The Morgan fingerprint density at radius 1 is 1.20 bits per heavy atom. The highest BCUT2D eigenvalue weighted by molar-refractivity contribution is 5.82. The molecule has 1 saturated heterocycles. The van der Waals surface area contributed by atoms with Gasteiger partial charge in [0.05, 0.1) is 12.2 Å². The summed E-state index contributed by atoms with van der Waals surface area (Å²) in [5.74, 6) is 1.48. The van der Waals surface area contributed by atoms with E-state index in [4.69, 9.17) is 0 Å². The van der Waals surface area contributed by atoms with Gasteiger partial charge in [-0.3, -0.25) is 4.79 Å². The van der Waals surface area contributed by atoms with Crippen LogP contribution in [0.3, 0.4) is 0 Å². The van der Waals surface area contributed by atoms with Gasteiger partial charge in [-0.2, -0.15) is 5.10 Å². The first kappa shape index (κ1) is 12.6. The fraction of sp³-hybridized carbons (Fsp3) is 0.385. The zero-order chi connectivity index (χ0) is 14.1. The molecule has 0 aliphatic carbocycles. The molecular formula is C13H16N6O. The van der Waals surface area contributed by atoms with Gasteiger partial charge in [0.1, 0.15) is 12.1 Å². The topological polar surface area (TPSA) is 75.9 Å². The minimum Gasteiger partial charge on any atom is -0.353 e. The van der Waals surface area contributed by atoms with E-state index in [9.17, 15) is 4.79 Å². The summed E-state index contributed by atoms with van der Waals surface area (Å²) in [6.07, 6.45) is 1.51. The van der Waals surface area contributed by atoms with Crippen LogP contribution in [0.1, 0.15) is 11.4 Å². The highest BCUT2D eigenvalue weighted by Gasteiger charge is 2.18. The van der Waals surface area contributed by atoms with Gasteiger partial charge in [-0.05, 0) is 19.9 Å². The zero-order valence-electron chi connectivity index (χ0n) is 11.5. The lowest BCUT2D eigenvalue weighted by Gasteiger charge is -2.27. The molecule has 3 rings (SSSR count). The Kier molecular flexibility index (Phi) is 3.09. The van der Waals surface area contributed by atoms with Gasteiger partial charge in [0, 0.05) is 24.8 Å². The van der Waals surface area contributed by atoms with Crippen LogP contribution in [0.2, 0.25) is 0 Å². The molecular weight excluding hydrogens is 256 g/mol. The molecule has 2 aromatic heterocycles. The summed E-state index contributed by atoms with van der Waals surface area (Å²) in [6.45, 7) is 5.64. The van der Waals surface area contributed by atoms with Gasteiger partial charge in [-0.25, -0.2) is 14.6 Å². The Morgan fingerprint density at radius 3 is 2.70 bits per heavy atom. The maximum Gasteiger partial charge on any atom is 0.239 e. The molecule has 0 bridgehead atoms. The number of hydrogen-bond acceptors (Lipinski definition) is 5. The second-order valence-corrected chi connectivity index (χ2v) is 4.84. The third-order valence-corrected chi connectivity index (χ3v) is 3.23. The molecule has 0 radical (unpaired) electrons.